The standard InChI is InChI=1S/C14H23N5O/c1-3-8-19-9-6-11(7-10-19)16-14(20)12-4-5-13(15-2)18-17-12/h4-5,11H,3,6-10H2,1-2H3,(H,15,18)(H,16,20). The summed E-state index contributed by atoms with van der Waals surface area (Å²) < 4.78 is 0. The largest absolute Gasteiger partial charge is 0.372 e. The van der Waals surface area contributed by atoms with Crippen molar-refractivity contribution in [2.24, 2.45) is 0 Å². The van der Waals surface area contributed by atoms with E-state index in [2.05, 4.69) is 32.7 Å². The van der Waals surface area contributed by atoms with Crippen molar-refractivity contribution in [2.45, 2.75) is 32.2 Å². The Labute approximate surface area is 120 Å². The van der Waals surface area contributed by atoms with E-state index in [1.54, 1.807) is 19.2 Å². The molecule has 1 aromatic rings. The summed E-state index contributed by atoms with van der Waals surface area (Å²) in [6.07, 6.45) is 3.20. The lowest BCUT2D eigenvalue weighted by Crippen LogP contribution is -2.45. The first-order valence-electron chi connectivity index (χ1n) is 7.27. The highest BCUT2D eigenvalue weighted by molar-refractivity contribution is 5.92. The zero-order chi connectivity index (χ0) is 14.4. The number of anilines is 1. The molecule has 1 fully saturated rings. The van der Waals surface area contributed by atoms with Crippen molar-refractivity contribution in [3.05, 3.63) is 17.8 Å². The zero-order valence-corrected chi connectivity index (χ0v) is 12.2. The van der Waals surface area contributed by atoms with E-state index >= 15 is 0 Å². The van der Waals surface area contributed by atoms with Gasteiger partial charge in [-0.15, -0.1) is 10.2 Å². The summed E-state index contributed by atoms with van der Waals surface area (Å²) in [5.74, 6) is 0.531. The first-order valence-corrected chi connectivity index (χ1v) is 7.27. The van der Waals surface area contributed by atoms with Crippen molar-refractivity contribution in [3.8, 4) is 0 Å². The van der Waals surface area contributed by atoms with E-state index in [0.29, 0.717) is 11.5 Å². The van der Waals surface area contributed by atoms with Gasteiger partial charge in [0, 0.05) is 26.2 Å². The summed E-state index contributed by atoms with van der Waals surface area (Å²) in [4.78, 5) is 14.5. The molecule has 0 aliphatic carbocycles. The van der Waals surface area contributed by atoms with E-state index in [1.165, 1.54) is 6.42 Å². The van der Waals surface area contributed by atoms with Gasteiger partial charge in [-0.1, -0.05) is 6.92 Å². The van der Waals surface area contributed by atoms with Gasteiger partial charge in [0.2, 0.25) is 0 Å². The number of hydrogen-bond donors (Lipinski definition) is 2. The molecule has 1 aliphatic rings. The minimum Gasteiger partial charge on any atom is -0.372 e. The topological polar surface area (TPSA) is 70.2 Å². The molecule has 1 aliphatic heterocycles. The van der Waals surface area contributed by atoms with Crippen molar-refractivity contribution in [2.75, 3.05) is 32.0 Å². The Morgan fingerprint density at radius 3 is 2.65 bits per heavy atom. The number of rotatable bonds is 5. The van der Waals surface area contributed by atoms with E-state index in [4.69, 9.17) is 0 Å². The number of carbonyl (C=O) groups is 1. The van der Waals surface area contributed by atoms with Gasteiger partial charge in [-0.25, -0.2) is 0 Å². The Kier molecular flexibility index (Phi) is 5.29. The molecule has 0 aromatic carbocycles. The number of nitrogens with one attached hydrogen (secondary N) is 2. The molecule has 2 rings (SSSR count). The van der Waals surface area contributed by atoms with Crippen molar-refractivity contribution in [1.29, 1.82) is 0 Å². The number of hydrogen-bond acceptors (Lipinski definition) is 5. The van der Waals surface area contributed by atoms with Gasteiger partial charge in [0.15, 0.2) is 5.69 Å². The number of aromatic nitrogens is 2. The Bertz CT molecular complexity index is 426. The molecule has 20 heavy (non-hydrogen) atoms. The molecule has 0 radical (unpaired) electrons. The quantitative estimate of drug-likeness (QED) is 0.844. The summed E-state index contributed by atoms with van der Waals surface area (Å²) in [5.41, 5.74) is 0.375. The second kappa shape index (κ2) is 7.19. The molecule has 1 amide bonds. The van der Waals surface area contributed by atoms with Crippen molar-refractivity contribution in [1.82, 2.24) is 20.4 Å². The first kappa shape index (κ1) is 14.7. The predicted molar refractivity (Wildman–Crippen MR) is 78.8 cm³/mol. The van der Waals surface area contributed by atoms with Gasteiger partial charge in [0.05, 0.1) is 0 Å². The van der Waals surface area contributed by atoms with Gasteiger partial charge < -0.3 is 15.5 Å². The maximum Gasteiger partial charge on any atom is 0.272 e. The average molecular weight is 277 g/mol. The molecular weight excluding hydrogens is 254 g/mol. The Morgan fingerprint density at radius 1 is 1.35 bits per heavy atom. The maximum atomic E-state index is 12.1. The molecule has 110 valence electrons. The monoisotopic (exact) mass is 277 g/mol. The molecule has 0 saturated carbocycles. The molecule has 6 heteroatoms. The molecule has 1 saturated heterocycles. The minimum atomic E-state index is -0.130. The van der Waals surface area contributed by atoms with Gasteiger partial charge >= 0.3 is 0 Å². The van der Waals surface area contributed by atoms with E-state index in [-0.39, 0.29) is 11.9 Å². The lowest BCUT2D eigenvalue weighted by Gasteiger charge is -2.31. The maximum absolute atomic E-state index is 12.1. The first-order chi connectivity index (χ1) is 9.72. The fraction of sp³-hybridized carbons (Fsp3) is 0.643. The van der Waals surface area contributed by atoms with Crippen LogP contribution in [0.15, 0.2) is 12.1 Å². The van der Waals surface area contributed by atoms with E-state index in [0.717, 1.165) is 32.5 Å². The molecule has 1 aromatic heterocycles. The molecule has 0 spiro atoms. The Hall–Kier alpha value is -1.69. The van der Waals surface area contributed by atoms with Crippen LogP contribution in [-0.2, 0) is 0 Å². The Morgan fingerprint density at radius 2 is 2.10 bits per heavy atom. The molecule has 0 atom stereocenters. The van der Waals surface area contributed by atoms with Crippen molar-refractivity contribution >= 4 is 11.7 Å². The average Bonchev–Trinajstić information content (AvgIpc) is 2.49. The highest BCUT2D eigenvalue weighted by Gasteiger charge is 2.21. The molecule has 6 nitrogen and oxygen atoms in total. The lowest BCUT2D eigenvalue weighted by molar-refractivity contribution is 0.0905. The van der Waals surface area contributed by atoms with Crippen LogP contribution < -0.4 is 10.6 Å². The number of carbonyl (C=O) groups excluding carboxylic acids is 1. The summed E-state index contributed by atoms with van der Waals surface area (Å²) in [7, 11) is 1.77. The normalized spacial score (nSPS) is 16.9. The van der Waals surface area contributed by atoms with Crippen LogP contribution in [0.5, 0.6) is 0 Å². The molecule has 2 N–H and O–H groups in total. The fourth-order valence-electron chi connectivity index (χ4n) is 2.46. The van der Waals surface area contributed by atoms with Gasteiger partial charge in [0.1, 0.15) is 5.82 Å². The van der Waals surface area contributed by atoms with Crippen molar-refractivity contribution in [3.63, 3.8) is 0 Å². The van der Waals surface area contributed by atoms with Crippen LogP contribution >= 0.6 is 0 Å². The van der Waals surface area contributed by atoms with E-state index in [9.17, 15) is 4.79 Å². The third-order valence-electron chi connectivity index (χ3n) is 3.62. The fourth-order valence-corrected chi connectivity index (χ4v) is 2.46. The lowest BCUT2D eigenvalue weighted by atomic mass is 10.0. The molecule has 0 unspecified atom stereocenters. The van der Waals surface area contributed by atoms with Crippen LogP contribution in [0.3, 0.4) is 0 Å². The Balaban J connectivity index is 1.82. The van der Waals surface area contributed by atoms with Crippen LogP contribution in [0, 0.1) is 0 Å². The van der Waals surface area contributed by atoms with Crippen LogP contribution in [0.1, 0.15) is 36.7 Å². The number of amides is 1. The smallest absolute Gasteiger partial charge is 0.272 e. The van der Waals surface area contributed by atoms with Gasteiger partial charge in [0.25, 0.3) is 5.91 Å². The predicted octanol–water partition coefficient (Wildman–Crippen LogP) is 1.12. The number of piperidine rings is 1. The van der Waals surface area contributed by atoms with E-state index < -0.39 is 0 Å². The molecule has 2 heterocycles. The highest BCUT2D eigenvalue weighted by atomic mass is 16.2. The van der Waals surface area contributed by atoms with Gasteiger partial charge in [-0.05, 0) is 37.9 Å². The second-order valence-corrected chi connectivity index (χ2v) is 5.14. The summed E-state index contributed by atoms with van der Waals surface area (Å²) in [6.45, 7) is 5.46. The van der Waals surface area contributed by atoms with Crippen LogP contribution in [0.2, 0.25) is 0 Å². The van der Waals surface area contributed by atoms with Crippen LogP contribution in [0.4, 0.5) is 5.82 Å². The zero-order valence-electron chi connectivity index (χ0n) is 12.2. The summed E-state index contributed by atoms with van der Waals surface area (Å²) >= 11 is 0. The number of nitrogens with zero attached hydrogens (tertiary/aromatic N) is 3. The molecular formula is C14H23N5O. The van der Waals surface area contributed by atoms with Crippen LogP contribution in [-0.4, -0.2) is 53.7 Å². The highest BCUT2D eigenvalue weighted by Crippen LogP contribution is 2.11. The third kappa shape index (κ3) is 3.90. The minimum absolute atomic E-state index is 0.130. The van der Waals surface area contributed by atoms with Crippen molar-refractivity contribution < 1.29 is 4.79 Å². The van der Waals surface area contributed by atoms with Crippen LogP contribution in [0.25, 0.3) is 0 Å². The van der Waals surface area contributed by atoms with Gasteiger partial charge in [-0.3, -0.25) is 4.79 Å². The summed E-state index contributed by atoms with van der Waals surface area (Å²) in [6, 6.07) is 3.70. The van der Waals surface area contributed by atoms with Gasteiger partial charge in [-0.2, -0.15) is 0 Å². The summed E-state index contributed by atoms with van der Waals surface area (Å²) in [5, 5.41) is 13.8. The van der Waals surface area contributed by atoms with E-state index in [1.807, 2.05) is 0 Å². The third-order valence-corrected chi connectivity index (χ3v) is 3.62. The molecule has 0 bridgehead atoms. The number of likely N-dealkylation sites (tertiary alicyclic amines) is 1. The SMILES string of the molecule is CCCN1CCC(NC(=O)c2ccc(NC)nn2)CC1. The second-order valence-electron chi connectivity index (χ2n) is 5.14.